The highest BCUT2D eigenvalue weighted by atomic mass is 16.1. The molecule has 0 saturated heterocycles. The van der Waals surface area contributed by atoms with E-state index in [1.807, 2.05) is 20.8 Å². The predicted octanol–water partition coefficient (Wildman–Crippen LogP) is -0.102. The van der Waals surface area contributed by atoms with Crippen molar-refractivity contribution in [3.63, 3.8) is 0 Å². The van der Waals surface area contributed by atoms with Crippen molar-refractivity contribution in [2.45, 2.75) is 39.9 Å². The topological polar surface area (TPSA) is 85.8 Å². The summed E-state index contributed by atoms with van der Waals surface area (Å²) in [7, 11) is 0. The van der Waals surface area contributed by atoms with E-state index in [1.165, 1.54) is 6.33 Å². The molecule has 6 nitrogen and oxygen atoms in total. The molecule has 0 aliphatic carbocycles. The van der Waals surface area contributed by atoms with Gasteiger partial charge in [-0.15, -0.1) is 0 Å². The molecule has 0 saturated carbocycles. The highest BCUT2D eigenvalue weighted by Gasteiger charge is 2.19. The molecule has 1 amide bonds. The molecule has 0 aromatic carbocycles. The fourth-order valence-corrected chi connectivity index (χ4v) is 1.56. The number of aryl methyl sites for hydroxylation is 1. The minimum absolute atomic E-state index is 0.162. The summed E-state index contributed by atoms with van der Waals surface area (Å²) in [6.07, 6.45) is 1.51. The van der Waals surface area contributed by atoms with Crippen molar-refractivity contribution in [1.82, 2.24) is 20.1 Å². The third kappa shape index (κ3) is 3.03. The van der Waals surface area contributed by atoms with Gasteiger partial charge in [0.05, 0.1) is 12.6 Å². The predicted molar refractivity (Wildman–Crippen MR) is 60.4 cm³/mol. The summed E-state index contributed by atoms with van der Waals surface area (Å²) in [4.78, 5) is 15.3. The Balaban J connectivity index is 2.59. The number of amides is 1. The lowest BCUT2D eigenvalue weighted by atomic mass is 10.0. The van der Waals surface area contributed by atoms with Crippen LogP contribution in [0.15, 0.2) is 6.33 Å². The van der Waals surface area contributed by atoms with Crippen molar-refractivity contribution in [3.8, 4) is 0 Å². The average Bonchev–Trinajstić information content (AvgIpc) is 2.64. The van der Waals surface area contributed by atoms with Gasteiger partial charge >= 0.3 is 0 Å². The Labute approximate surface area is 95.2 Å². The minimum Gasteiger partial charge on any atom is -0.368 e. The Morgan fingerprint density at radius 1 is 1.62 bits per heavy atom. The molecular weight excluding hydrogens is 206 g/mol. The Hall–Kier alpha value is -1.43. The van der Waals surface area contributed by atoms with Crippen LogP contribution in [0.2, 0.25) is 0 Å². The van der Waals surface area contributed by atoms with Gasteiger partial charge in [0.1, 0.15) is 12.2 Å². The van der Waals surface area contributed by atoms with Gasteiger partial charge in [-0.3, -0.25) is 10.1 Å². The van der Waals surface area contributed by atoms with Gasteiger partial charge in [0.2, 0.25) is 5.91 Å². The molecule has 1 atom stereocenters. The Kier molecular flexibility index (Phi) is 4.42. The second kappa shape index (κ2) is 5.60. The lowest BCUT2D eigenvalue weighted by molar-refractivity contribution is -0.121. The highest BCUT2D eigenvalue weighted by Crippen LogP contribution is 2.02. The molecule has 0 bridgehead atoms. The van der Waals surface area contributed by atoms with Gasteiger partial charge in [0.15, 0.2) is 0 Å². The summed E-state index contributed by atoms with van der Waals surface area (Å²) in [5.41, 5.74) is 5.30. The fraction of sp³-hybridized carbons (Fsp3) is 0.700. The zero-order valence-corrected chi connectivity index (χ0v) is 9.97. The first-order valence-electron chi connectivity index (χ1n) is 5.45. The third-order valence-electron chi connectivity index (χ3n) is 2.45. The number of carbonyl (C=O) groups is 1. The Morgan fingerprint density at radius 3 is 2.81 bits per heavy atom. The number of aromatic nitrogens is 3. The third-order valence-corrected chi connectivity index (χ3v) is 2.45. The van der Waals surface area contributed by atoms with Gasteiger partial charge in [-0.2, -0.15) is 5.10 Å². The first-order valence-corrected chi connectivity index (χ1v) is 5.45. The standard InChI is InChI=1S/C10H19N5O/c1-4-15-8(13-6-14-15)5-12-9(7(2)3)10(11)16/h6-7,9,12H,4-5H2,1-3H3,(H2,11,16). The molecule has 1 aromatic rings. The average molecular weight is 225 g/mol. The molecule has 90 valence electrons. The molecule has 1 unspecified atom stereocenters. The summed E-state index contributed by atoms with van der Waals surface area (Å²) in [6.45, 7) is 7.16. The Bertz CT molecular complexity index is 347. The van der Waals surface area contributed by atoms with E-state index in [9.17, 15) is 4.79 Å². The van der Waals surface area contributed by atoms with Gasteiger partial charge in [-0.25, -0.2) is 9.67 Å². The molecule has 1 heterocycles. The number of nitrogens with zero attached hydrogens (tertiary/aromatic N) is 3. The summed E-state index contributed by atoms with van der Waals surface area (Å²) in [6, 6.07) is -0.331. The maximum absolute atomic E-state index is 11.2. The SMILES string of the molecule is CCn1ncnc1CNC(C(N)=O)C(C)C. The molecule has 0 aliphatic heterocycles. The van der Waals surface area contributed by atoms with Gasteiger partial charge < -0.3 is 5.73 Å². The van der Waals surface area contributed by atoms with Gasteiger partial charge in [0, 0.05) is 6.54 Å². The number of carbonyl (C=O) groups excluding carboxylic acids is 1. The van der Waals surface area contributed by atoms with Gasteiger partial charge in [-0.1, -0.05) is 13.8 Å². The first kappa shape index (κ1) is 12.6. The van der Waals surface area contributed by atoms with Gasteiger partial charge in [0.25, 0.3) is 0 Å². The van der Waals surface area contributed by atoms with Crippen LogP contribution in [0.1, 0.15) is 26.6 Å². The van der Waals surface area contributed by atoms with Crippen LogP contribution < -0.4 is 11.1 Å². The van der Waals surface area contributed by atoms with Crippen LogP contribution in [0, 0.1) is 5.92 Å². The second-order valence-corrected chi connectivity index (χ2v) is 4.00. The highest BCUT2D eigenvalue weighted by molar-refractivity contribution is 5.80. The van der Waals surface area contributed by atoms with Crippen LogP contribution >= 0.6 is 0 Å². The number of rotatable bonds is 6. The van der Waals surface area contributed by atoms with E-state index in [2.05, 4.69) is 15.4 Å². The quantitative estimate of drug-likeness (QED) is 0.707. The lowest BCUT2D eigenvalue weighted by Crippen LogP contribution is -2.44. The molecule has 16 heavy (non-hydrogen) atoms. The molecule has 3 N–H and O–H groups in total. The van der Waals surface area contributed by atoms with Crippen molar-refractivity contribution in [3.05, 3.63) is 12.2 Å². The second-order valence-electron chi connectivity index (χ2n) is 4.00. The molecule has 0 radical (unpaired) electrons. The van der Waals surface area contributed by atoms with E-state index in [0.29, 0.717) is 6.54 Å². The molecule has 0 aliphatic rings. The molecular formula is C10H19N5O. The maximum Gasteiger partial charge on any atom is 0.234 e. The summed E-state index contributed by atoms with van der Waals surface area (Å²) >= 11 is 0. The maximum atomic E-state index is 11.2. The van der Waals surface area contributed by atoms with Crippen LogP contribution in [0.25, 0.3) is 0 Å². The zero-order chi connectivity index (χ0) is 12.1. The van der Waals surface area contributed by atoms with Crippen molar-refractivity contribution < 1.29 is 4.79 Å². The van der Waals surface area contributed by atoms with Crippen molar-refractivity contribution in [2.24, 2.45) is 11.7 Å². The van der Waals surface area contributed by atoms with Crippen LogP contribution in [0.4, 0.5) is 0 Å². The smallest absolute Gasteiger partial charge is 0.234 e. The van der Waals surface area contributed by atoms with E-state index in [0.717, 1.165) is 12.4 Å². The minimum atomic E-state index is -0.336. The molecule has 0 spiro atoms. The van der Waals surface area contributed by atoms with Crippen molar-refractivity contribution >= 4 is 5.91 Å². The monoisotopic (exact) mass is 225 g/mol. The van der Waals surface area contributed by atoms with E-state index in [4.69, 9.17) is 5.73 Å². The zero-order valence-electron chi connectivity index (χ0n) is 9.97. The van der Waals surface area contributed by atoms with Crippen molar-refractivity contribution in [1.29, 1.82) is 0 Å². The van der Waals surface area contributed by atoms with E-state index in [-0.39, 0.29) is 17.9 Å². The van der Waals surface area contributed by atoms with Crippen LogP contribution in [0.3, 0.4) is 0 Å². The van der Waals surface area contributed by atoms with Gasteiger partial charge in [-0.05, 0) is 12.8 Å². The molecule has 1 rings (SSSR count). The molecule has 0 fully saturated rings. The number of primary amides is 1. The van der Waals surface area contributed by atoms with E-state index in [1.54, 1.807) is 4.68 Å². The lowest BCUT2D eigenvalue weighted by Gasteiger charge is -2.18. The van der Waals surface area contributed by atoms with Crippen molar-refractivity contribution in [2.75, 3.05) is 0 Å². The summed E-state index contributed by atoms with van der Waals surface area (Å²) < 4.78 is 1.78. The number of hydrogen-bond donors (Lipinski definition) is 2. The van der Waals surface area contributed by atoms with Crippen LogP contribution in [0.5, 0.6) is 0 Å². The van der Waals surface area contributed by atoms with E-state index >= 15 is 0 Å². The van der Waals surface area contributed by atoms with Crippen LogP contribution in [-0.4, -0.2) is 26.7 Å². The van der Waals surface area contributed by atoms with E-state index < -0.39 is 0 Å². The fourth-order valence-electron chi connectivity index (χ4n) is 1.56. The number of hydrogen-bond acceptors (Lipinski definition) is 4. The number of nitrogens with two attached hydrogens (primary N) is 1. The largest absolute Gasteiger partial charge is 0.368 e. The normalized spacial score (nSPS) is 13.0. The Morgan fingerprint density at radius 2 is 2.31 bits per heavy atom. The summed E-state index contributed by atoms with van der Waals surface area (Å²) in [5.74, 6) is 0.641. The summed E-state index contributed by atoms with van der Waals surface area (Å²) in [5, 5.41) is 7.15. The number of nitrogens with one attached hydrogen (secondary N) is 1. The molecule has 1 aromatic heterocycles. The van der Waals surface area contributed by atoms with Crippen LogP contribution in [-0.2, 0) is 17.9 Å². The first-order chi connectivity index (χ1) is 7.56. The molecule has 6 heteroatoms.